The van der Waals surface area contributed by atoms with Crippen LogP contribution in [0.1, 0.15) is 70.6 Å². The zero-order valence-corrected chi connectivity index (χ0v) is 20.8. The van der Waals surface area contributed by atoms with Crippen LogP contribution in [0.15, 0.2) is 30.5 Å². The van der Waals surface area contributed by atoms with E-state index in [0.717, 1.165) is 60.4 Å². The Kier molecular flexibility index (Phi) is 5.90. The number of aromatic nitrogens is 3. The highest BCUT2D eigenvalue weighted by Crippen LogP contribution is 2.51. The third-order valence-corrected chi connectivity index (χ3v) is 8.23. The summed E-state index contributed by atoms with van der Waals surface area (Å²) in [4.78, 5) is 42.0. The van der Waals surface area contributed by atoms with Crippen molar-refractivity contribution >= 4 is 23.2 Å². The summed E-state index contributed by atoms with van der Waals surface area (Å²) in [7, 11) is 0. The number of ketones is 1. The van der Waals surface area contributed by atoms with Gasteiger partial charge in [0.15, 0.2) is 17.2 Å². The summed E-state index contributed by atoms with van der Waals surface area (Å²) in [6, 6.07) is 6.66. The molecule has 0 saturated heterocycles. The molecule has 3 aliphatic carbocycles. The van der Waals surface area contributed by atoms with Gasteiger partial charge in [-0.05, 0) is 61.6 Å². The number of rotatable bonds is 6. The largest absolute Gasteiger partial charge is 0.486 e. The molecule has 2 amide bonds. The van der Waals surface area contributed by atoms with E-state index in [2.05, 4.69) is 20.7 Å². The van der Waals surface area contributed by atoms with E-state index < -0.39 is 23.2 Å². The maximum absolute atomic E-state index is 14.4. The molecular weight excluding hydrogens is 493 g/mol. The number of hydrogen-bond donors (Lipinski definition) is 3. The van der Waals surface area contributed by atoms with Crippen molar-refractivity contribution < 1.29 is 28.6 Å². The number of ether oxygens (including phenoxy) is 1. The number of fused-ring (bicyclic) bond motifs is 5. The summed E-state index contributed by atoms with van der Waals surface area (Å²) in [6.07, 6.45) is 5.92. The van der Waals surface area contributed by atoms with Crippen LogP contribution in [0, 0.1) is 11.2 Å². The Balaban J connectivity index is 1.18. The summed E-state index contributed by atoms with van der Waals surface area (Å²) in [6.45, 7) is 0.634. The molecule has 3 fully saturated rings. The van der Waals surface area contributed by atoms with Crippen LogP contribution in [0.3, 0.4) is 0 Å². The predicted molar refractivity (Wildman–Crippen MR) is 132 cm³/mol. The van der Waals surface area contributed by atoms with E-state index in [9.17, 15) is 23.9 Å². The molecule has 4 aliphatic rings. The van der Waals surface area contributed by atoms with E-state index in [1.807, 2.05) is 0 Å². The van der Waals surface area contributed by atoms with E-state index in [1.165, 1.54) is 6.07 Å². The van der Waals surface area contributed by atoms with Crippen LogP contribution in [0.5, 0.6) is 5.75 Å². The van der Waals surface area contributed by atoms with Gasteiger partial charge in [-0.15, -0.1) is 0 Å². The van der Waals surface area contributed by atoms with Crippen molar-refractivity contribution in [1.82, 2.24) is 25.2 Å². The molecule has 2 aromatic heterocycles. The predicted octanol–water partition coefficient (Wildman–Crippen LogP) is 2.12. The number of Topliss-reactive ketones (excluding diaryl/α,β-unsaturated/α-hetero) is 1. The zero-order chi connectivity index (χ0) is 26.5. The fourth-order valence-corrected chi connectivity index (χ4v) is 5.80. The molecule has 1 aliphatic heterocycles. The molecule has 198 valence electrons. The van der Waals surface area contributed by atoms with Gasteiger partial charge in [0.05, 0.1) is 11.8 Å². The third kappa shape index (κ3) is 4.51. The van der Waals surface area contributed by atoms with Crippen molar-refractivity contribution in [1.29, 1.82) is 0 Å². The molecule has 1 aromatic carbocycles. The van der Waals surface area contributed by atoms with Gasteiger partial charge in [0.25, 0.3) is 11.8 Å². The third-order valence-electron chi connectivity index (χ3n) is 8.23. The first-order valence-corrected chi connectivity index (χ1v) is 12.8. The highest BCUT2D eigenvalue weighted by Gasteiger charge is 2.47. The molecule has 3 N–H and O–H groups in total. The zero-order valence-electron chi connectivity index (χ0n) is 20.8. The Morgan fingerprint density at radius 1 is 1.08 bits per heavy atom. The number of nitrogens with zero attached hydrogens (tertiary/aromatic N) is 3. The molecule has 0 radical (unpaired) electrons. The van der Waals surface area contributed by atoms with Crippen molar-refractivity contribution in [3.8, 4) is 5.75 Å². The molecule has 3 aromatic rings. The average molecular weight is 522 g/mol. The Hall–Kier alpha value is -3.86. The van der Waals surface area contributed by atoms with Crippen LogP contribution >= 0.6 is 0 Å². The fourth-order valence-electron chi connectivity index (χ4n) is 5.80. The number of aliphatic hydroxyl groups is 1. The molecule has 10 nitrogen and oxygen atoms in total. The second kappa shape index (κ2) is 9.16. The first-order chi connectivity index (χ1) is 18.2. The number of nitrogens with one attached hydrogen (secondary N) is 2. The number of carbonyl (C=O) groups is 3. The highest BCUT2D eigenvalue weighted by atomic mass is 19.1. The molecule has 0 atom stereocenters. The lowest BCUT2D eigenvalue weighted by atomic mass is 9.58. The number of benzene rings is 1. The molecular formula is C27H28FN5O5. The van der Waals surface area contributed by atoms with E-state index in [1.54, 1.807) is 18.2 Å². The van der Waals surface area contributed by atoms with Crippen LogP contribution in [0.2, 0.25) is 0 Å². The number of carbonyl (C=O) groups excluding carboxylic acids is 3. The van der Waals surface area contributed by atoms with Gasteiger partial charge in [-0.1, -0.05) is 6.07 Å². The van der Waals surface area contributed by atoms with E-state index >= 15 is 0 Å². The van der Waals surface area contributed by atoms with Crippen molar-refractivity contribution in [2.45, 2.75) is 57.1 Å². The van der Waals surface area contributed by atoms with Gasteiger partial charge < -0.3 is 20.5 Å². The van der Waals surface area contributed by atoms with Crippen LogP contribution in [-0.2, 0) is 17.8 Å². The Bertz CT molecular complexity index is 1440. The van der Waals surface area contributed by atoms with Crippen LogP contribution in [0.4, 0.5) is 4.39 Å². The normalized spacial score (nSPS) is 24.1. The van der Waals surface area contributed by atoms with Crippen molar-refractivity contribution in [3.05, 3.63) is 58.8 Å². The molecule has 3 saturated carbocycles. The number of amides is 2. The van der Waals surface area contributed by atoms with E-state index in [-0.39, 0.29) is 47.8 Å². The molecule has 3 heterocycles. The minimum atomic E-state index is -0.745. The van der Waals surface area contributed by atoms with E-state index in [4.69, 9.17) is 4.74 Å². The molecule has 2 bridgehead atoms. The van der Waals surface area contributed by atoms with Gasteiger partial charge in [0.1, 0.15) is 23.7 Å². The van der Waals surface area contributed by atoms with E-state index in [0.29, 0.717) is 12.3 Å². The standard InChI is InChI=1S/C27H28FN5O5/c28-19-13-31-33-21(25(36)30-15-26-3-6-27(37,7-4-26)8-5-26)11-20(32-23(19)33)24(35)29-12-16-1-2-22-17(9-16)10-18(34)14-38-22/h1-2,9,11,13,37H,3-8,10,12,14-15H2,(H,29,35)(H,30,36). The molecule has 11 heteroatoms. The SMILES string of the molecule is O=C1COc2ccc(CNC(=O)c3cc(C(=O)NCC45CCC(O)(CC4)CC5)n4ncc(F)c4n3)cc2C1. The first kappa shape index (κ1) is 24.5. The van der Waals surface area contributed by atoms with Gasteiger partial charge >= 0.3 is 0 Å². The number of hydrogen-bond acceptors (Lipinski definition) is 7. The van der Waals surface area contributed by atoms with Gasteiger partial charge in [-0.25, -0.2) is 13.9 Å². The smallest absolute Gasteiger partial charge is 0.270 e. The lowest BCUT2D eigenvalue weighted by Gasteiger charge is -2.51. The van der Waals surface area contributed by atoms with Gasteiger partial charge in [-0.3, -0.25) is 14.4 Å². The number of halogens is 1. The maximum atomic E-state index is 14.4. The summed E-state index contributed by atoms with van der Waals surface area (Å²) in [5.41, 5.74) is 0.564. The summed E-state index contributed by atoms with van der Waals surface area (Å²) >= 11 is 0. The lowest BCUT2D eigenvalue weighted by Crippen LogP contribution is -2.50. The Morgan fingerprint density at radius 2 is 1.84 bits per heavy atom. The van der Waals surface area contributed by atoms with Gasteiger partial charge in [-0.2, -0.15) is 5.10 Å². The van der Waals surface area contributed by atoms with Crippen LogP contribution in [-0.4, -0.2) is 56.1 Å². The van der Waals surface area contributed by atoms with Crippen molar-refractivity contribution in [3.63, 3.8) is 0 Å². The molecule has 7 rings (SSSR count). The lowest BCUT2D eigenvalue weighted by molar-refractivity contribution is -0.121. The molecule has 0 unspecified atom stereocenters. The maximum Gasteiger partial charge on any atom is 0.270 e. The monoisotopic (exact) mass is 521 g/mol. The Labute approximate surface area is 217 Å². The quantitative estimate of drug-likeness (QED) is 0.452. The fraction of sp³-hybridized carbons (Fsp3) is 0.444. The van der Waals surface area contributed by atoms with Crippen molar-refractivity contribution in [2.75, 3.05) is 13.2 Å². The van der Waals surface area contributed by atoms with Crippen LogP contribution < -0.4 is 15.4 Å². The second-order valence-corrected chi connectivity index (χ2v) is 10.8. The summed E-state index contributed by atoms with van der Waals surface area (Å²) in [5, 5.41) is 20.1. The van der Waals surface area contributed by atoms with Gasteiger partial charge in [0, 0.05) is 31.1 Å². The second-order valence-electron chi connectivity index (χ2n) is 10.8. The topological polar surface area (TPSA) is 135 Å². The van der Waals surface area contributed by atoms with Gasteiger partial charge in [0.2, 0.25) is 0 Å². The molecule has 38 heavy (non-hydrogen) atoms. The Morgan fingerprint density at radius 3 is 2.61 bits per heavy atom. The van der Waals surface area contributed by atoms with Crippen molar-refractivity contribution in [2.24, 2.45) is 5.41 Å². The molecule has 0 spiro atoms. The summed E-state index contributed by atoms with van der Waals surface area (Å²) in [5.74, 6) is -1.17. The van der Waals surface area contributed by atoms with Crippen LogP contribution in [0.25, 0.3) is 5.65 Å². The average Bonchev–Trinajstić information content (AvgIpc) is 3.31. The first-order valence-electron chi connectivity index (χ1n) is 12.8. The summed E-state index contributed by atoms with van der Waals surface area (Å²) < 4.78 is 20.9. The highest BCUT2D eigenvalue weighted by molar-refractivity contribution is 5.98. The minimum absolute atomic E-state index is 0.00742. The minimum Gasteiger partial charge on any atom is -0.486 e.